The van der Waals surface area contributed by atoms with Crippen molar-refractivity contribution < 1.29 is 23.5 Å². The van der Waals surface area contributed by atoms with Gasteiger partial charge in [0, 0.05) is 12.0 Å². The molecule has 0 aromatic heterocycles. The molecule has 0 aliphatic carbocycles. The van der Waals surface area contributed by atoms with Gasteiger partial charge in [-0.1, -0.05) is 36.4 Å². The number of carbonyl (C=O) groups is 3. The minimum atomic E-state index is -1.15. The molecule has 0 bridgehead atoms. The Bertz CT molecular complexity index is 796. The maximum atomic E-state index is 12.5. The number of methoxy groups -OCH3 is 1. The summed E-state index contributed by atoms with van der Waals surface area (Å²) < 4.78 is 17.4. The number of halogens is 1. The van der Waals surface area contributed by atoms with Crippen molar-refractivity contribution in [1.29, 1.82) is 0 Å². The van der Waals surface area contributed by atoms with Gasteiger partial charge in [0.05, 0.1) is 13.7 Å². The molecule has 0 aliphatic rings. The highest BCUT2D eigenvalue weighted by atomic mass is 19.1. The SMILES string of the molecule is COc1cccc(C(=O)N[C@@H](Cc2ccccc2)C(=O)NCC(=O)CF)c1. The van der Waals surface area contributed by atoms with Crippen LogP contribution in [0.2, 0.25) is 0 Å². The zero-order chi connectivity index (χ0) is 19.6. The van der Waals surface area contributed by atoms with Crippen molar-refractivity contribution in [3.8, 4) is 5.75 Å². The first-order valence-electron chi connectivity index (χ1n) is 8.37. The summed E-state index contributed by atoms with van der Waals surface area (Å²) in [6.07, 6.45) is 0.228. The number of nitrogens with one attached hydrogen (secondary N) is 2. The highest BCUT2D eigenvalue weighted by Crippen LogP contribution is 2.13. The third-order valence-electron chi connectivity index (χ3n) is 3.85. The molecule has 2 aromatic rings. The van der Waals surface area contributed by atoms with Crippen molar-refractivity contribution >= 4 is 17.6 Å². The molecule has 2 amide bonds. The molecule has 142 valence electrons. The van der Waals surface area contributed by atoms with E-state index < -0.39 is 36.9 Å². The topological polar surface area (TPSA) is 84.5 Å². The summed E-state index contributed by atoms with van der Waals surface area (Å²) in [7, 11) is 1.49. The van der Waals surface area contributed by atoms with Crippen molar-refractivity contribution in [1.82, 2.24) is 10.6 Å². The molecule has 1 atom stereocenters. The number of Topliss-reactive ketones (excluding diaryl/α,β-unsaturated/α-hetero) is 1. The van der Waals surface area contributed by atoms with E-state index in [9.17, 15) is 18.8 Å². The quantitative estimate of drug-likeness (QED) is 0.702. The maximum absolute atomic E-state index is 12.5. The summed E-state index contributed by atoms with van der Waals surface area (Å²) in [6, 6.07) is 14.7. The predicted molar refractivity (Wildman–Crippen MR) is 98.4 cm³/mol. The van der Waals surface area contributed by atoms with E-state index in [1.165, 1.54) is 7.11 Å². The van der Waals surface area contributed by atoms with Crippen LogP contribution in [0.15, 0.2) is 54.6 Å². The van der Waals surface area contributed by atoms with Gasteiger partial charge in [0.1, 0.15) is 18.5 Å². The lowest BCUT2D eigenvalue weighted by Crippen LogP contribution is -2.49. The second-order valence-electron chi connectivity index (χ2n) is 5.84. The van der Waals surface area contributed by atoms with Crippen LogP contribution in [-0.4, -0.2) is 44.0 Å². The highest BCUT2D eigenvalue weighted by molar-refractivity contribution is 5.98. The van der Waals surface area contributed by atoms with Crippen molar-refractivity contribution in [3.63, 3.8) is 0 Å². The zero-order valence-electron chi connectivity index (χ0n) is 14.9. The summed E-state index contributed by atoms with van der Waals surface area (Å²) >= 11 is 0. The molecule has 0 saturated carbocycles. The van der Waals surface area contributed by atoms with Gasteiger partial charge in [-0.3, -0.25) is 14.4 Å². The Morgan fingerprint density at radius 3 is 2.48 bits per heavy atom. The summed E-state index contributed by atoms with van der Waals surface area (Å²) in [5.74, 6) is -1.24. The van der Waals surface area contributed by atoms with E-state index in [-0.39, 0.29) is 6.42 Å². The van der Waals surface area contributed by atoms with Gasteiger partial charge in [0.15, 0.2) is 5.78 Å². The van der Waals surface area contributed by atoms with Gasteiger partial charge < -0.3 is 15.4 Å². The number of amides is 2. The van der Waals surface area contributed by atoms with Crippen LogP contribution in [0.3, 0.4) is 0 Å². The Morgan fingerprint density at radius 1 is 1.07 bits per heavy atom. The first-order valence-corrected chi connectivity index (χ1v) is 8.37. The van der Waals surface area contributed by atoms with E-state index >= 15 is 0 Å². The highest BCUT2D eigenvalue weighted by Gasteiger charge is 2.22. The molecule has 0 radical (unpaired) electrons. The molecule has 27 heavy (non-hydrogen) atoms. The smallest absolute Gasteiger partial charge is 0.252 e. The molecule has 0 spiro atoms. The van der Waals surface area contributed by atoms with Crippen molar-refractivity contribution in [3.05, 3.63) is 65.7 Å². The molecule has 2 aromatic carbocycles. The molecule has 0 unspecified atom stereocenters. The molecule has 6 nitrogen and oxygen atoms in total. The lowest BCUT2D eigenvalue weighted by molar-refractivity contribution is -0.126. The van der Waals surface area contributed by atoms with Crippen molar-refractivity contribution in [2.24, 2.45) is 0 Å². The molecular weight excluding hydrogens is 351 g/mol. The van der Waals surface area contributed by atoms with Gasteiger partial charge in [-0.2, -0.15) is 0 Å². The Balaban J connectivity index is 2.13. The van der Waals surface area contributed by atoms with E-state index in [0.29, 0.717) is 11.3 Å². The van der Waals surface area contributed by atoms with E-state index in [1.807, 2.05) is 30.3 Å². The van der Waals surface area contributed by atoms with Crippen LogP contribution in [0.5, 0.6) is 5.75 Å². The Kier molecular flexibility index (Phi) is 7.49. The van der Waals surface area contributed by atoms with Gasteiger partial charge >= 0.3 is 0 Å². The number of hydrogen-bond acceptors (Lipinski definition) is 4. The standard InChI is InChI=1S/C20H21FN2O4/c1-27-17-9-5-8-15(11-17)19(25)23-18(10-14-6-3-2-4-7-14)20(26)22-13-16(24)12-21/h2-9,11,18H,10,12-13H2,1H3,(H,22,26)(H,23,25)/t18-/m0/s1. The third-order valence-corrected chi connectivity index (χ3v) is 3.85. The molecule has 2 rings (SSSR count). The summed E-state index contributed by atoms with van der Waals surface area (Å²) in [6.45, 7) is -1.57. The Morgan fingerprint density at radius 2 is 1.81 bits per heavy atom. The third kappa shape index (κ3) is 6.22. The van der Waals surface area contributed by atoms with Crippen molar-refractivity contribution in [2.45, 2.75) is 12.5 Å². The van der Waals surface area contributed by atoms with Crippen LogP contribution < -0.4 is 15.4 Å². The lowest BCUT2D eigenvalue weighted by Gasteiger charge is -2.18. The summed E-state index contributed by atoms with van der Waals surface area (Å²) in [4.78, 5) is 36.1. The van der Waals surface area contributed by atoms with E-state index in [0.717, 1.165) is 5.56 Å². The minimum absolute atomic E-state index is 0.228. The molecule has 0 heterocycles. The first-order chi connectivity index (χ1) is 13.0. The zero-order valence-corrected chi connectivity index (χ0v) is 14.9. The van der Waals surface area contributed by atoms with E-state index in [4.69, 9.17) is 4.74 Å². The number of benzene rings is 2. The number of alkyl halides is 1. The van der Waals surface area contributed by atoms with Gasteiger partial charge in [-0.15, -0.1) is 0 Å². The lowest BCUT2D eigenvalue weighted by atomic mass is 10.0. The molecular formula is C20H21FN2O4. The average molecular weight is 372 g/mol. The van der Waals surface area contributed by atoms with Gasteiger partial charge in [0.25, 0.3) is 5.91 Å². The second kappa shape index (κ2) is 10.1. The number of carbonyl (C=O) groups excluding carboxylic acids is 3. The Hall–Kier alpha value is -3.22. The van der Waals surface area contributed by atoms with Crippen LogP contribution in [0.25, 0.3) is 0 Å². The fourth-order valence-electron chi connectivity index (χ4n) is 2.42. The van der Waals surface area contributed by atoms with Crippen LogP contribution in [0, 0.1) is 0 Å². The van der Waals surface area contributed by atoms with Crippen molar-refractivity contribution in [2.75, 3.05) is 20.3 Å². The van der Waals surface area contributed by atoms with Gasteiger partial charge in [0.2, 0.25) is 5.91 Å². The fourth-order valence-corrected chi connectivity index (χ4v) is 2.42. The van der Waals surface area contributed by atoms with E-state index in [1.54, 1.807) is 24.3 Å². The maximum Gasteiger partial charge on any atom is 0.252 e. The number of hydrogen-bond donors (Lipinski definition) is 2. The van der Waals surface area contributed by atoms with Gasteiger partial charge in [-0.05, 0) is 23.8 Å². The van der Waals surface area contributed by atoms with Crippen LogP contribution >= 0.6 is 0 Å². The molecule has 0 fully saturated rings. The van der Waals surface area contributed by atoms with Gasteiger partial charge in [-0.25, -0.2) is 4.39 Å². The normalized spacial score (nSPS) is 11.3. The molecule has 0 saturated heterocycles. The van der Waals surface area contributed by atoms with Crippen LogP contribution in [0.1, 0.15) is 15.9 Å². The first kappa shape index (κ1) is 20.1. The number of ether oxygens (including phenoxy) is 1. The fraction of sp³-hybridized carbons (Fsp3) is 0.250. The van der Waals surface area contributed by atoms with Crippen LogP contribution in [-0.2, 0) is 16.0 Å². The minimum Gasteiger partial charge on any atom is -0.497 e. The summed E-state index contributed by atoms with van der Waals surface area (Å²) in [5.41, 5.74) is 1.17. The largest absolute Gasteiger partial charge is 0.497 e. The monoisotopic (exact) mass is 372 g/mol. The second-order valence-corrected chi connectivity index (χ2v) is 5.84. The number of ketones is 1. The molecule has 0 aliphatic heterocycles. The average Bonchev–Trinajstić information content (AvgIpc) is 2.71. The van der Waals surface area contributed by atoms with Crippen LogP contribution in [0.4, 0.5) is 4.39 Å². The number of rotatable bonds is 9. The predicted octanol–water partition coefficient (Wildman–Crippen LogP) is 1.69. The summed E-state index contributed by atoms with van der Waals surface area (Å²) in [5, 5.41) is 5.03. The molecule has 2 N–H and O–H groups in total. The molecule has 7 heteroatoms. The Labute approximate surface area is 156 Å². The van der Waals surface area contributed by atoms with E-state index in [2.05, 4.69) is 10.6 Å².